The topological polar surface area (TPSA) is 34.2 Å². The van der Waals surface area contributed by atoms with E-state index >= 15 is 0 Å². The molecule has 0 aromatic heterocycles. The molecule has 2 aromatic carbocycles. The Morgan fingerprint density at radius 1 is 1.00 bits per heavy atom. The maximum Gasteiger partial charge on any atom is 0.166 e. The normalized spacial score (nSPS) is 18.4. The highest BCUT2D eigenvalue weighted by molar-refractivity contribution is 5.73. The van der Waals surface area contributed by atoms with E-state index in [9.17, 15) is 0 Å². The number of nitrogens with zero attached hydrogens (tertiary/aromatic N) is 2. The van der Waals surface area contributed by atoms with Crippen molar-refractivity contribution in [3.63, 3.8) is 0 Å². The standard InChI is InChI=1S/C24H32N2O3/c1-6-28-23-18(4)22(17(3)21-15-16(2)29-24(21)23)26-13-11-25(12-14-26)19-7-9-20(27-5)10-8-19/h7-10,16H,6,11-15H2,1-5H3. The van der Waals surface area contributed by atoms with Crippen LogP contribution in [0.2, 0.25) is 0 Å². The number of piperazine rings is 1. The van der Waals surface area contributed by atoms with E-state index in [2.05, 4.69) is 42.7 Å². The van der Waals surface area contributed by atoms with Gasteiger partial charge >= 0.3 is 0 Å². The van der Waals surface area contributed by atoms with Gasteiger partial charge in [-0.1, -0.05) is 0 Å². The van der Waals surface area contributed by atoms with Gasteiger partial charge in [-0.15, -0.1) is 0 Å². The number of hydrogen-bond donors (Lipinski definition) is 0. The largest absolute Gasteiger partial charge is 0.497 e. The van der Waals surface area contributed by atoms with Crippen molar-refractivity contribution in [2.75, 3.05) is 49.7 Å². The summed E-state index contributed by atoms with van der Waals surface area (Å²) in [7, 11) is 1.71. The second-order valence-electron chi connectivity index (χ2n) is 7.97. The third-order valence-electron chi connectivity index (χ3n) is 6.12. The third kappa shape index (κ3) is 3.59. The van der Waals surface area contributed by atoms with Crippen molar-refractivity contribution in [1.29, 1.82) is 0 Å². The molecule has 2 aliphatic heterocycles. The molecule has 0 N–H and O–H groups in total. The molecule has 5 nitrogen and oxygen atoms in total. The molecule has 2 heterocycles. The van der Waals surface area contributed by atoms with Gasteiger partial charge in [0.15, 0.2) is 11.5 Å². The van der Waals surface area contributed by atoms with Crippen LogP contribution >= 0.6 is 0 Å². The number of anilines is 2. The van der Waals surface area contributed by atoms with Crippen LogP contribution in [-0.4, -0.2) is 46.0 Å². The summed E-state index contributed by atoms with van der Waals surface area (Å²) in [6, 6.07) is 8.36. The van der Waals surface area contributed by atoms with Gasteiger partial charge in [0.2, 0.25) is 0 Å². The van der Waals surface area contributed by atoms with Crippen molar-refractivity contribution in [2.24, 2.45) is 0 Å². The van der Waals surface area contributed by atoms with Gasteiger partial charge in [-0.3, -0.25) is 0 Å². The molecule has 0 bridgehead atoms. The van der Waals surface area contributed by atoms with E-state index in [4.69, 9.17) is 14.2 Å². The lowest BCUT2D eigenvalue weighted by molar-refractivity contribution is 0.236. The van der Waals surface area contributed by atoms with Gasteiger partial charge in [0.1, 0.15) is 11.9 Å². The van der Waals surface area contributed by atoms with Crippen LogP contribution in [0.5, 0.6) is 17.2 Å². The molecule has 5 heteroatoms. The van der Waals surface area contributed by atoms with Gasteiger partial charge in [-0.05, 0) is 57.5 Å². The Bertz CT molecular complexity index is 871. The summed E-state index contributed by atoms with van der Waals surface area (Å²) in [4.78, 5) is 4.97. The van der Waals surface area contributed by atoms with Gasteiger partial charge in [0.25, 0.3) is 0 Å². The zero-order chi connectivity index (χ0) is 20.5. The number of benzene rings is 2. The summed E-state index contributed by atoms with van der Waals surface area (Å²) in [6.07, 6.45) is 1.17. The lowest BCUT2D eigenvalue weighted by atomic mass is 9.96. The van der Waals surface area contributed by atoms with Gasteiger partial charge in [0, 0.05) is 55.1 Å². The van der Waals surface area contributed by atoms with Gasteiger partial charge in [0.05, 0.1) is 13.7 Å². The molecule has 0 amide bonds. The quantitative estimate of drug-likeness (QED) is 0.750. The van der Waals surface area contributed by atoms with Crippen molar-refractivity contribution >= 4 is 11.4 Å². The van der Waals surface area contributed by atoms with Crippen LogP contribution in [0.1, 0.15) is 30.5 Å². The molecule has 4 rings (SSSR count). The van der Waals surface area contributed by atoms with Crippen LogP contribution < -0.4 is 24.0 Å². The highest BCUT2D eigenvalue weighted by Gasteiger charge is 2.31. The minimum absolute atomic E-state index is 0.212. The first-order chi connectivity index (χ1) is 14.0. The molecule has 0 aliphatic carbocycles. The van der Waals surface area contributed by atoms with Gasteiger partial charge in [-0.25, -0.2) is 0 Å². The molecule has 0 radical (unpaired) electrons. The minimum Gasteiger partial charge on any atom is -0.497 e. The molecule has 29 heavy (non-hydrogen) atoms. The Balaban J connectivity index is 1.58. The van der Waals surface area contributed by atoms with Crippen LogP contribution in [0.4, 0.5) is 11.4 Å². The number of rotatable bonds is 5. The first kappa shape index (κ1) is 19.7. The van der Waals surface area contributed by atoms with Crippen molar-refractivity contribution in [3.05, 3.63) is 41.0 Å². The maximum absolute atomic E-state index is 6.13. The van der Waals surface area contributed by atoms with Gasteiger partial charge in [-0.2, -0.15) is 0 Å². The van der Waals surface area contributed by atoms with Crippen molar-refractivity contribution in [3.8, 4) is 17.2 Å². The molecule has 0 saturated carbocycles. The molecule has 2 aliphatic rings. The maximum atomic E-state index is 6.13. The number of fused-ring (bicyclic) bond motifs is 1. The highest BCUT2D eigenvalue weighted by Crippen LogP contribution is 2.48. The lowest BCUT2D eigenvalue weighted by Crippen LogP contribution is -2.47. The predicted molar refractivity (Wildman–Crippen MR) is 118 cm³/mol. The van der Waals surface area contributed by atoms with Crippen LogP contribution in [-0.2, 0) is 6.42 Å². The average Bonchev–Trinajstić information content (AvgIpc) is 3.14. The summed E-state index contributed by atoms with van der Waals surface area (Å²) < 4.78 is 17.5. The molecule has 0 spiro atoms. The summed E-state index contributed by atoms with van der Waals surface area (Å²) in [5.41, 5.74) is 6.46. The second-order valence-corrected chi connectivity index (χ2v) is 7.97. The van der Waals surface area contributed by atoms with E-state index < -0.39 is 0 Å². The first-order valence-electron chi connectivity index (χ1n) is 10.6. The van der Waals surface area contributed by atoms with Crippen LogP contribution in [0.3, 0.4) is 0 Å². The fourth-order valence-corrected chi connectivity index (χ4v) is 4.68. The van der Waals surface area contributed by atoms with Gasteiger partial charge < -0.3 is 24.0 Å². The van der Waals surface area contributed by atoms with Crippen LogP contribution in [0, 0.1) is 13.8 Å². The van der Waals surface area contributed by atoms with Crippen molar-refractivity contribution < 1.29 is 14.2 Å². The van der Waals surface area contributed by atoms with E-state index in [1.54, 1.807) is 7.11 Å². The summed E-state index contributed by atoms with van der Waals surface area (Å²) in [5, 5.41) is 0. The fraction of sp³-hybridized carbons (Fsp3) is 0.500. The molecular formula is C24H32N2O3. The lowest BCUT2D eigenvalue weighted by Gasteiger charge is -2.39. The van der Waals surface area contributed by atoms with E-state index in [1.165, 1.54) is 28.1 Å². The zero-order valence-corrected chi connectivity index (χ0v) is 18.2. The summed E-state index contributed by atoms with van der Waals surface area (Å²) >= 11 is 0. The number of hydrogen-bond acceptors (Lipinski definition) is 5. The minimum atomic E-state index is 0.212. The zero-order valence-electron chi connectivity index (χ0n) is 18.2. The average molecular weight is 397 g/mol. The SMILES string of the molecule is CCOc1c(C)c(N2CCN(c3ccc(OC)cc3)CC2)c(C)c2c1OC(C)C2. The van der Waals surface area contributed by atoms with E-state index in [1.807, 2.05) is 19.1 Å². The van der Waals surface area contributed by atoms with E-state index in [0.29, 0.717) is 6.61 Å². The Labute approximate surface area is 174 Å². The Kier molecular flexibility index (Phi) is 5.48. The Hall–Kier alpha value is -2.56. The molecular weight excluding hydrogens is 364 g/mol. The molecule has 156 valence electrons. The Morgan fingerprint density at radius 3 is 2.28 bits per heavy atom. The molecule has 1 saturated heterocycles. The Morgan fingerprint density at radius 2 is 1.66 bits per heavy atom. The van der Waals surface area contributed by atoms with Crippen molar-refractivity contribution in [2.45, 2.75) is 40.2 Å². The highest BCUT2D eigenvalue weighted by atomic mass is 16.5. The van der Waals surface area contributed by atoms with E-state index in [0.717, 1.165) is 49.8 Å². The van der Waals surface area contributed by atoms with Crippen LogP contribution in [0.15, 0.2) is 24.3 Å². The summed E-state index contributed by atoms with van der Waals surface area (Å²) in [6.45, 7) is 13.2. The summed E-state index contributed by atoms with van der Waals surface area (Å²) in [5.74, 6) is 2.80. The molecule has 1 atom stereocenters. The smallest absolute Gasteiger partial charge is 0.166 e. The second kappa shape index (κ2) is 8.05. The molecule has 2 aromatic rings. The van der Waals surface area contributed by atoms with Crippen LogP contribution in [0.25, 0.3) is 0 Å². The van der Waals surface area contributed by atoms with Crippen molar-refractivity contribution in [1.82, 2.24) is 0 Å². The monoisotopic (exact) mass is 396 g/mol. The van der Waals surface area contributed by atoms with E-state index in [-0.39, 0.29) is 6.10 Å². The number of methoxy groups -OCH3 is 1. The fourth-order valence-electron chi connectivity index (χ4n) is 4.68. The molecule has 1 fully saturated rings. The first-order valence-corrected chi connectivity index (χ1v) is 10.6. The predicted octanol–water partition coefficient (Wildman–Crippen LogP) is 4.36. The number of ether oxygens (including phenoxy) is 3. The third-order valence-corrected chi connectivity index (χ3v) is 6.12. The molecule has 1 unspecified atom stereocenters.